The number of nitro groups is 1. The van der Waals surface area contributed by atoms with Crippen molar-refractivity contribution in [1.82, 2.24) is 15.4 Å². The number of rotatable bonds is 7. The molecule has 0 fully saturated rings. The maximum atomic E-state index is 12.8. The van der Waals surface area contributed by atoms with Gasteiger partial charge >= 0.3 is 0 Å². The molecule has 4 rings (SSSR count). The average Bonchev–Trinajstić information content (AvgIpc) is 2.85. The van der Waals surface area contributed by atoms with E-state index < -0.39 is 22.5 Å². The lowest BCUT2D eigenvalue weighted by Crippen LogP contribution is -2.29. The molecule has 0 aliphatic rings. The highest BCUT2D eigenvalue weighted by Gasteiger charge is 2.23. The van der Waals surface area contributed by atoms with Gasteiger partial charge in [0.25, 0.3) is 11.2 Å². The first-order valence-electron chi connectivity index (χ1n) is 10.2. The third-order valence-electron chi connectivity index (χ3n) is 5.01. The summed E-state index contributed by atoms with van der Waals surface area (Å²) < 4.78 is 0. The number of non-ortho nitro benzene ring substituents is 1. The largest absolute Gasteiger partial charge is 0.382 e. The number of benzene rings is 3. The highest BCUT2D eigenvalue weighted by atomic mass is 16.6. The van der Waals surface area contributed by atoms with Gasteiger partial charge in [-0.2, -0.15) is 5.10 Å². The number of hydrogen-bond acceptors (Lipinski definition) is 7. The van der Waals surface area contributed by atoms with Gasteiger partial charge in [-0.05, 0) is 17.2 Å². The highest BCUT2D eigenvalue weighted by Crippen LogP contribution is 2.20. The quantitative estimate of drug-likeness (QED) is 0.220. The maximum absolute atomic E-state index is 12.8. The van der Waals surface area contributed by atoms with E-state index in [-0.39, 0.29) is 34.5 Å². The van der Waals surface area contributed by atoms with E-state index in [4.69, 9.17) is 0 Å². The predicted octanol–water partition coefficient (Wildman–Crippen LogP) is 2.63. The van der Waals surface area contributed by atoms with Crippen molar-refractivity contribution in [2.24, 2.45) is 5.10 Å². The zero-order valence-electron chi connectivity index (χ0n) is 17.7. The van der Waals surface area contributed by atoms with Gasteiger partial charge in [-0.3, -0.25) is 19.7 Å². The van der Waals surface area contributed by atoms with E-state index in [9.17, 15) is 24.8 Å². The Hall–Kier alpha value is -4.70. The zero-order valence-corrected chi connectivity index (χ0v) is 17.7. The number of carbonyl (C=O) groups is 1. The Balaban J connectivity index is 1.73. The third-order valence-corrected chi connectivity index (χ3v) is 5.01. The molecule has 3 N–H and O–H groups in total. The lowest BCUT2D eigenvalue weighted by molar-refractivity contribution is -0.384. The molecule has 0 aliphatic heterocycles. The number of nitrogens with zero attached hydrogens (tertiary/aromatic N) is 3. The molecule has 1 atom stereocenters. The second-order valence-electron chi connectivity index (χ2n) is 7.38. The number of H-pyrrole nitrogens is 1. The number of aliphatic hydroxyl groups is 1. The Morgan fingerprint density at radius 2 is 1.76 bits per heavy atom. The van der Waals surface area contributed by atoms with Crippen LogP contribution in [-0.4, -0.2) is 31.6 Å². The van der Waals surface area contributed by atoms with Crippen LogP contribution in [0, 0.1) is 10.1 Å². The number of amides is 1. The SMILES string of the molecule is O=C(Cc1ccccc1)N/N=C(\c1nc2ccc([N+](=O)[O-])cc2[nH]c1=O)C(O)c1ccccc1. The van der Waals surface area contributed by atoms with Crippen LogP contribution < -0.4 is 11.0 Å². The van der Waals surface area contributed by atoms with Gasteiger partial charge in [0.2, 0.25) is 5.91 Å². The molecule has 0 spiro atoms. The van der Waals surface area contributed by atoms with E-state index >= 15 is 0 Å². The molecule has 34 heavy (non-hydrogen) atoms. The summed E-state index contributed by atoms with van der Waals surface area (Å²) in [5, 5.41) is 26.1. The Labute approximate surface area is 192 Å². The van der Waals surface area contributed by atoms with Gasteiger partial charge in [0.05, 0.1) is 22.4 Å². The summed E-state index contributed by atoms with van der Waals surface area (Å²) in [7, 11) is 0. The van der Waals surface area contributed by atoms with Crippen molar-refractivity contribution in [3.63, 3.8) is 0 Å². The van der Waals surface area contributed by atoms with E-state index in [1.807, 2.05) is 6.07 Å². The predicted molar refractivity (Wildman–Crippen MR) is 125 cm³/mol. The van der Waals surface area contributed by atoms with Crippen molar-refractivity contribution in [2.75, 3.05) is 0 Å². The van der Waals surface area contributed by atoms with Crippen molar-refractivity contribution in [3.05, 3.63) is 116 Å². The Morgan fingerprint density at radius 1 is 1.09 bits per heavy atom. The first-order chi connectivity index (χ1) is 16.4. The smallest absolute Gasteiger partial charge is 0.276 e. The van der Waals surface area contributed by atoms with Crippen molar-refractivity contribution in [2.45, 2.75) is 12.5 Å². The van der Waals surface area contributed by atoms with Gasteiger partial charge in [-0.15, -0.1) is 0 Å². The molecule has 170 valence electrons. The number of aromatic nitrogens is 2. The van der Waals surface area contributed by atoms with Gasteiger partial charge in [0, 0.05) is 12.1 Å². The van der Waals surface area contributed by atoms with E-state index in [0.29, 0.717) is 5.56 Å². The number of hydrazone groups is 1. The van der Waals surface area contributed by atoms with Crippen molar-refractivity contribution in [3.8, 4) is 0 Å². The number of nitro benzene ring substituents is 1. The Kier molecular flexibility index (Phi) is 6.51. The van der Waals surface area contributed by atoms with Crippen LogP contribution in [0.5, 0.6) is 0 Å². The molecule has 0 bridgehead atoms. The standard InChI is InChI=1S/C24H19N5O5/c30-20(13-15-7-3-1-4-8-15)27-28-21(23(31)16-9-5-2-6-10-16)22-24(32)26-19-14-17(29(33)34)11-12-18(19)25-22/h1-12,14,23,31H,13H2,(H,26,32)(H,27,30)/b28-21+. The summed E-state index contributed by atoms with van der Waals surface area (Å²) in [5.41, 5.74) is 2.67. The molecule has 10 nitrogen and oxygen atoms in total. The fourth-order valence-electron chi connectivity index (χ4n) is 3.34. The van der Waals surface area contributed by atoms with Gasteiger partial charge in [0.15, 0.2) is 5.69 Å². The summed E-state index contributed by atoms with van der Waals surface area (Å²) in [6, 6.07) is 21.3. The Bertz CT molecular complexity index is 1430. The van der Waals surface area contributed by atoms with E-state index in [0.717, 1.165) is 5.56 Å². The first-order valence-corrected chi connectivity index (χ1v) is 10.2. The minimum absolute atomic E-state index is 0.0459. The molecule has 0 saturated heterocycles. The van der Waals surface area contributed by atoms with E-state index in [1.54, 1.807) is 54.6 Å². The third kappa shape index (κ3) is 5.03. The fourth-order valence-corrected chi connectivity index (χ4v) is 3.34. The highest BCUT2D eigenvalue weighted by molar-refractivity contribution is 6.03. The fraction of sp³-hybridized carbons (Fsp3) is 0.0833. The van der Waals surface area contributed by atoms with Crippen LogP contribution in [0.1, 0.15) is 22.9 Å². The van der Waals surface area contributed by atoms with Gasteiger partial charge < -0.3 is 10.1 Å². The molecule has 3 aromatic carbocycles. The molecule has 0 aliphatic carbocycles. The molecule has 0 radical (unpaired) electrons. The molecule has 1 heterocycles. The van der Waals surface area contributed by atoms with Crippen LogP contribution in [0.15, 0.2) is 88.8 Å². The van der Waals surface area contributed by atoms with Crippen LogP contribution in [-0.2, 0) is 11.2 Å². The number of nitrogens with one attached hydrogen (secondary N) is 2. The summed E-state index contributed by atoms with van der Waals surface area (Å²) >= 11 is 0. The van der Waals surface area contributed by atoms with Crippen molar-refractivity contribution >= 4 is 28.3 Å². The number of aliphatic hydroxyl groups excluding tert-OH is 1. The van der Waals surface area contributed by atoms with Crippen LogP contribution in [0.4, 0.5) is 5.69 Å². The molecular weight excluding hydrogens is 438 g/mol. The summed E-state index contributed by atoms with van der Waals surface area (Å²) in [5.74, 6) is -0.447. The first kappa shape index (κ1) is 22.5. The number of hydrogen-bond donors (Lipinski definition) is 3. The molecule has 0 saturated carbocycles. The van der Waals surface area contributed by atoms with Gasteiger partial charge in [0.1, 0.15) is 11.8 Å². The number of carbonyl (C=O) groups excluding carboxylic acids is 1. The molecule has 1 amide bonds. The summed E-state index contributed by atoms with van der Waals surface area (Å²) in [6.45, 7) is 0. The van der Waals surface area contributed by atoms with E-state index in [2.05, 4.69) is 20.5 Å². The van der Waals surface area contributed by atoms with Crippen LogP contribution >= 0.6 is 0 Å². The minimum Gasteiger partial charge on any atom is -0.382 e. The normalized spacial score (nSPS) is 12.3. The van der Waals surface area contributed by atoms with Gasteiger partial charge in [-0.25, -0.2) is 10.4 Å². The average molecular weight is 457 g/mol. The Morgan fingerprint density at radius 3 is 2.44 bits per heavy atom. The summed E-state index contributed by atoms with van der Waals surface area (Å²) in [4.78, 5) is 42.5. The molecular formula is C24H19N5O5. The monoisotopic (exact) mass is 457 g/mol. The topological polar surface area (TPSA) is 151 Å². The molecule has 1 aromatic heterocycles. The minimum atomic E-state index is -1.37. The van der Waals surface area contributed by atoms with Crippen molar-refractivity contribution < 1.29 is 14.8 Å². The second-order valence-corrected chi connectivity index (χ2v) is 7.38. The summed E-state index contributed by atoms with van der Waals surface area (Å²) in [6.07, 6.45) is -1.33. The maximum Gasteiger partial charge on any atom is 0.276 e. The van der Waals surface area contributed by atoms with Crippen molar-refractivity contribution in [1.29, 1.82) is 0 Å². The molecule has 10 heteroatoms. The lowest BCUT2D eigenvalue weighted by atomic mass is 10.0. The van der Waals surface area contributed by atoms with E-state index in [1.165, 1.54) is 18.2 Å². The number of fused-ring (bicyclic) bond motifs is 1. The second kappa shape index (κ2) is 9.84. The number of aromatic amines is 1. The zero-order chi connectivity index (χ0) is 24.1. The molecule has 1 unspecified atom stereocenters. The van der Waals surface area contributed by atoms with Gasteiger partial charge in [-0.1, -0.05) is 60.7 Å². The van der Waals surface area contributed by atoms with Crippen LogP contribution in [0.2, 0.25) is 0 Å². The van der Waals surface area contributed by atoms with Crippen LogP contribution in [0.25, 0.3) is 11.0 Å². The van der Waals surface area contributed by atoms with Crippen LogP contribution in [0.3, 0.4) is 0 Å². The molecule has 4 aromatic rings. The lowest BCUT2D eigenvalue weighted by Gasteiger charge is -2.14.